The summed E-state index contributed by atoms with van der Waals surface area (Å²) in [6.07, 6.45) is 0.604. The average Bonchev–Trinajstić information content (AvgIpc) is 2.29. The second-order valence-electron chi connectivity index (χ2n) is 3.39. The number of hydrogen-bond acceptors (Lipinski definition) is 5. The molecule has 0 aliphatic rings. The van der Waals surface area contributed by atoms with Gasteiger partial charge < -0.3 is 15.6 Å². The third kappa shape index (κ3) is 1.90. The lowest BCUT2D eigenvalue weighted by Crippen LogP contribution is -2.07. The van der Waals surface area contributed by atoms with Crippen molar-refractivity contribution in [3.63, 3.8) is 0 Å². The SMILES string of the molecule is COc1nc(CCN)nc2ccc(O)cc12. The van der Waals surface area contributed by atoms with Gasteiger partial charge in [0.15, 0.2) is 0 Å². The molecule has 0 aliphatic carbocycles. The van der Waals surface area contributed by atoms with Crippen molar-refractivity contribution in [1.29, 1.82) is 0 Å². The summed E-state index contributed by atoms with van der Waals surface area (Å²) in [5.74, 6) is 1.28. The minimum absolute atomic E-state index is 0.168. The van der Waals surface area contributed by atoms with Gasteiger partial charge in [0.1, 0.15) is 11.6 Å². The Morgan fingerprint density at radius 3 is 2.88 bits per heavy atom. The average molecular weight is 219 g/mol. The molecule has 84 valence electrons. The van der Waals surface area contributed by atoms with Crippen LogP contribution in [0.3, 0.4) is 0 Å². The fourth-order valence-electron chi connectivity index (χ4n) is 1.53. The molecule has 5 heteroatoms. The zero-order valence-electron chi connectivity index (χ0n) is 8.97. The Morgan fingerprint density at radius 1 is 1.38 bits per heavy atom. The van der Waals surface area contributed by atoms with Crippen LogP contribution in [0.4, 0.5) is 0 Å². The molecular weight excluding hydrogens is 206 g/mol. The van der Waals surface area contributed by atoms with Crippen LogP contribution in [0.15, 0.2) is 18.2 Å². The van der Waals surface area contributed by atoms with E-state index in [0.717, 1.165) is 5.52 Å². The van der Waals surface area contributed by atoms with Crippen LogP contribution in [0.25, 0.3) is 10.9 Å². The summed E-state index contributed by atoms with van der Waals surface area (Å²) in [6, 6.07) is 4.90. The Hall–Kier alpha value is -1.88. The van der Waals surface area contributed by atoms with Gasteiger partial charge in [-0.15, -0.1) is 0 Å². The third-order valence-electron chi connectivity index (χ3n) is 2.25. The lowest BCUT2D eigenvalue weighted by atomic mass is 10.2. The molecule has 0 radical (unpaired) electrons. The number of phenols is 1. The number of ether oxygens (including phenoxy) is 1. The van der Waals surface area contributed by atoms with Crippen molar-refractivity contribution in [2.75, 3.05) is 13.7 Å². The third-order valence-corrected chi connectivity index (χ3v) is 2.25. The summed E-state index contributed by atoms with van der Waals surface area (Å²) in [5.41, 5.74) is 6.20. The minimum Gasteiger partial charge on any atom is -0.508 e. The van der Waals surface area contributed by atoms with E-state index in [4.69, 9.17) is 10.5 Å². The van der Waals surface area contributed by atoms with Gasteiger partial charge in [0.05, 0.1) is 18.0 Å². The van der Waals surface area contributed by atoms with Crippen LogP contribution in [0, 0.1) is 0 Å². The molecule has 0 saturated carbocycles. The summed E-state index contributed by atoms with van der Waals surface area (Å²) in [7, 11) is 1.54. The molecule has 0 atom stereocenters. The number of hydrogen-bond donors (Lipinski definition) is 2. The monoisotopic (exact) mass is 219 g/mol. The summed E-state index contributed by atoms with van der Waals surface area (Å²) in [4.78, 5) is 8.56. The lowest BCUT2D eigenvalue weighted by Gasteiger charge is -2.06. The van der Waals surface area contributed by atoms with Crippen LogP contribution in [0.1, 0.15) is 5.82 Å². The van der Waals surface area contributed by atoms with E-state index in [1.165, 1.54) is 7.11 Å². The number of aromatic hydroxyl groups is 1. The first-order valence-electron chi connectivity index (χ1n) is 4.98. The maximum absolute atomic E-state index is 9.39. The molecule has 0 bridgehead atoms. The highest BCUT2D eigenvalue weighted by molar-refractivity contribution is 5.84. The van der Waals surface area contributed by atoms with E-state index in [1.54, 1.807) is 18.2 Å². The van der Waals surface area contributed by atoms with Gasteiger partial charge >= 0.3 is 0 Å². The van der Waals surface area contributed by atoms with E-state index in [1.807, 2.05) is 0 Å². The molecule has 0 aliphatic heterocycles. The Balaban J connectivity index is 2.63. The van der Waals surface area contributed by atoms with E-state index in [0.29, 0.717) is 30.1 Å². The Morgan fingerprint density at radius 2 is 2.19 bits per heavy atom. The van der Waals surface area contributed by atoms with Gasteiger partial charge in [0, 0.05) is 6.42 Å². The molecule has 0 fully saturated rings. The summed E-state index contributed by atoms with van der Waals surface area (Å²) < 4.78 is 5.17. The molecule has 2 aromatic rings. The number of fused-ring (bicyclic) bond motifs is 1. The van der Waals surface area contributed by atoms with Crippen molar-refractivity contribution < 1.29 is 9.84 Å². The predicted octanol–water partition coefficient (Wildman–Crippen LogP) is 0.845. The van der Waals surface area contributed by atoms with E-state index in [9.17, 15) is 5.11 Å². The number of phenolic OH excluding ortho intramolecular Hbond substituents is 1. The van der Waals surface area contributed by atoms with Gasteiger partial charge in [-0.3, -0.25) is 0 Å². The molecule has 0 saturated heterocycles. The Bertz CT molecular complexity index is 514. The molecule has 0 amide bonds. The largest absolute Gasteiger partial charge is 0.508 e. The number of methoxy groups -OCH3 is 1. The highest BCUT2D eigenvalue weighted by atomic mass is 16.5. The first kappa shape index (κ1) is 10.6. The van der Waals surface area contributed by atoms with Crippen LogP contribution in [0.2, 0.25) is 0 Å². The smallest absolute Gasteiger partial charge is 0.224 e. The maximum Gasteiger partial charge on any atom is 0.224 e. The standard InChI is InChI=1S/C11H13N3O2/c1-16-11-8-6-7(15)2-3-9(8)13-10(14-11)4-5-12/h2-3,6,15H,4-5,12H2,1H3. The van der Waals surface area contributed by atoms with Crippen LogP contribution in [-0.2, 0) is 6.42 Å². The fourth-order valence-corrected chi connectivity index (χ4v) is 1.53. The van der Waals surface area contributed by atoms with Crippen molar-refractivity contribution in [3.8, 4) is 11.6 Å². The molecule has 2 rings (SSSR count). The van der Waals surface area contributed by atoms with Crippen molar-refractivity contribution >= 4 is 10.9 Å². The molecule has 16 heavy (non-hydrogen) atoms. The predicted molar refractivity (Wildman–Crippen MR) is 60.5 cm³/mol. The normalized spacial score (nSPS) is 10.6. The minimum atomic E-state index is 0.168. The van der Waals surface area contributed by atoms with E-state index in [2.05, 4.69) is 9.97 Å². The van der Waals surface area contributed by atoms with Gasteiger partial charge in [-0.2, -0.15) is 4.98 Å². The van der Waals surface area contributed by atoms with Crippen molar-refractivity contribution in [1.82, 2.24) is 9.97 Å². The number of nitrogens with zero attached hydrogens (tertiary/aromatic N) is 2. The molecule has 5 nitrogen and oxygen atoms in total. The van der Waals surface area contributed by atoms with E-state index >= 15 is 0 Å². The second-order valence-corrected chi connectivity index (χ2v) is 3.39. The zero-order valence-corrected chi connectivity index (χ0v) is 8.97. The van der Waals surface area contributed by atoms with Crippen molar-refractivity contribution in [2.24, 2.45) is 5.73 Å². The van der Waals surface area contributed by atoms with Gasteiger partial charge in [0.2, 0.25) is 5.88 Å². The molecule has 0 spiro atoms. The van der Waals surface area contributed by atoms with Crippen LogP contribution in [-0.4, -0.2) is 28.7 Å². The lowest BCUT2D eigenvalue weighted by molar-refractivity contribution is 0.400. The Kier molecular flexibility index (Phi) is 2.87. The van der Waals surface area contributed by atoms with Crippen molar-refractivity contribution in [2.45, 2.75) is 6.42 Å². The maximum atomic E-state index is 9.39. The molecule has 3 N–H and O–H groups in total. The van der Waals surface area contributed by atoms with Gasteiger partial charge in [0.25, 0.3) is 0 Å². The van der Waals surface area contributed by atoms with E-state index < -0.39 is 0 Å². The quantitative estimate of drug-likeness (QED) is 0.799. The number of nitrogens with two attached hydrogens (primary N) is 1. The highest BCUT2D eigenvalue weighted by Gasteiger charge is 2.08. The molecule has 1 aromatic carbocycles. The molecular formula is C11H13N3O2. The first-order chi connectivity index (χ1) is 7.74. The molecule has 1 aromatic heterocycles. The molecule has 0 unspecified atom stereocenters. The second kappa shape index (κ2) is 4.32. The summed E-state index contributed by atoms with van der Waals surface area (Å²) >= 11 is 0. The highest BCUT2D eigenvalue weighted by Crippen LogP contribution is 2.25. The van der Waals surface area contributed by atoms with Gasteiger partial charge in [-0.1, -0.05) is 0 Å². The van der Waals surface area contributed by atoms with Crippen LogP contribution in [0.5, 0.6) is 11.6 Å². The fraction of sp³-hybridized carbons (Fsp3) is 0.273. The number of benzene rings is 1. The van der Waals surface area contributed by atoms with Gasteiger partial charge in [-0.05, 0) is 24.7 Å². The number of rotatable bonds is 3. The Labute approximate surface area is 92.9 Å². The number of aromatic nitrogens is 2. The van der Waals surface area contributed by atoms with Crippen LogP contribution < -0.4 is 10.5 Å². The molecule has 1 heterocycles. The van der Waals surface area contributed by atoms with Gasteiger partial charge in [-0.25, -0.2) is 4.98 Å². The topological polar surface area (TPSA) is 81.3 Å². The summed E-state index contributed by atoms with van der Waals surface area (Å²) in [5, 5.41) is 10.1. The first-order valence-corrected chi connectivity index (χ1v) is 4.98. The van der Waals surface area contributed by atoms with Crippen LogP contribution >= 0.6 is 0 Å². The zero-order chi connectivity index (χ0) is 11.5. The summed E-state index contributed by atoms with van der Waals surface area (Å²) in [6.45, 7) is 0.493. The van der Waals surface area contributed by atoms with Crippen molar-refractivity contribution in [3.05, 3.63) is 24.0 Å². The van der Waals surface area contributed by atoms with E-state index in [-0.39, 0.29) is 5.75 Å².